The van der Waals surface area contributed by atoms with E-state index in [1.165, 1.54) is 27.1 Å². The van der Waals surface area contributed by atoms with E-state index in [1.54, 1.807) is 16.9 Å². The zero-order valence-electron chi connectivity index (χ0n) is 17.1. The van der Waals surface area contributed by atoms with E-state index in [1.807, 2.05) is 20.8 Å². The van der Waals surface area contributed by atoms with Crippen molar-refractivity contribution in [1.82, 2.24) is 5.32 Å². The van der Waals surface area contributed by atoms with Gasteiger partial charge in [-0.05, 0) is 87.9 Å². The molecule has 2 heterocycles. The van der Waals surface area contributed by atoms with E-state index in [9.17, 15) is 4.79 Å². The third-order valence-corrected chi connectivity index (χ3v) is 7.47. The van der Waals surface area contributed by atoms with Gasteiger partial charge in [-0.25, -0.2) is 0 Å². The zero-order valence-corrected chi connectivity index (χ0v) is 17.9. The molecule has 1 aromatic heterocycles. The lowest BCUT2D eigenvalue weighted by atomic mass is 9.86. The lowest BCUT2D eigenvalue weighted by molar-refractivity contribution is -0.148. The fraction of sp³-hybridized carbons (Fsp3) is 0.458. The van der Waals surface area contributed by atoms with Gasteiger partial charge in [0.25, 0.3) is 0 Å². The maximum atomic E-state index is 12.6. The van der Waals surface area contributed by atoms with Crippen LogP contribution >= 0.6 is 11.3 Å². The SMILES string of the molecule is CCOC(=O)C(C)(C)c1cc2c(s1)CCc1ccccc1C2=C1CCNCC1. The molecule has 4 heteroatoms. The summed E-state index contributed by atoms with van der Waals surface area (Å²) in [5, 5.41) is 3.48. The van der Waals surface area contributed by atoms with E-state index in [2.05, 4.69) is 35.6 Å². The summed E-state index contributed by atoms with van der Waals surface area (Å²) in [6.07, 6.45) is 4.27. The van der Waals surface area contributed by atoms with Crippen LogP contribution < -0.4 is 5.32 Å². The average molecular weight is 396 g/mol. The van der Waals surface area contributed by atoms with Crippen LogP contribution in [0.1, 0.15) is 60.1 Å². The first-order valence-corrected chi connectivity index (χ1v) is 11.2. The lowest BCUT2D eigenvalue weighted by Crippen LogP contribution is -2.30. The highest BCUT2D eigenvalue weighted by Gasteiger charge is 2.35. The summed E-state index contributed by atoms with van der Waals surface area (Å²) in [4.78, 5) is 15.1. The molecule has 1 fully saturated rings. The molecule has 148 valence electrons. The first-order chi connectivity index (χ1) is 13.5. The molecule has 1 N–H and O–H groups in total. The smallest absolute Gasteiger partial charge is 0.316 e. The predicted molar refractivity (Wildman–Crippen MR) is 116 cm³/mol. The van der Waals surface area contributed by atoms with E-state index in [0.29, 0.717) is 6.61 Å². The number of rotatable bonds is 3. The highest BCUT2D eigenvalue weighted by Crippen LogP contribution is 2.44. The van der Waals surface area contributed by atoms with E-state index < -0.39 is 5.41 Å². The number of hydrogen-bond acceptors (Lipinski definition) is 4. The number of aryl methyl sites for hydroxylation is 2. The molecule has 1 saturated heterocycles. The molecule has 1 aliphatic heterocycles. The van der Waals surface area contributed by atoms with Crippen molar-refractivity contribution >= 4 is 22.9 Å². The Morgan fingerprint density at radius 2 is 1.86 bits per heavy atom. The van der Waals surface area contributed by atoms with Crippen molar-refractivity contribution in [3.63, 3.8) is 0 Å². The second-order valence-corrected chi connectivity index (χ2v) is 9.32. The molecule has 0 amide bonds. The van der Waals surface area contributed by atoms with E-state index in [4.69, 9.17) is 4.74 Å². The highest BCUT2D eigenvalue weighted by atomic mass is 32.1. The molecule has 1 aromatic carbocycles. The van der Waals surface area contributed by atoms with E-state index in [-0.39, 0.29) is 5.97 Å². The normalized spacial score (nSPS) is 17.0. The fourth-order valence-electron chi connectivity index (χ4n) is 4.28. The van der Waals surface area contributed by atoms with E-state index in [0.717, 1.165) is 43.6 Å². The number of nitrogens with one attached hydrogen (secondary N) is 1. The third-order valence-electron chi connectivity index (χ3n) is 5.95. The minimum Gasteiger partial charge on any atom is -0.465 e. The standard InChI is InChI=1S/C24H29NO2S/c1-4-27-23(26)24(2,3)21-15-19-20(28-21)10-9-16-7-5-6-8-18(16)22(19)17-11-13-25-14-12-17/h5-8,15,25H,4,9-14H2,1-3H3. The van der Waals surface area contributed by atoms with E-state index >= 15 is 0 Å². The van der Waals surface area contributed by atoms with Gasteiger partial charge < -0.3 is 10.1 Å². The molecule has 4 rings (SSSR count). The number of thiophene rings is 1. The van der Waals surface area contributed by atoms with Crippen molar-refractivity contribution in [2.75, 3.05) is 19.7 Å². The van der Waals surface area contributed by atoms with Crippen molar-refractivity contribution in [2.45, 2.75) is 51.9 Å². The summed E-state index contributed by atoms with van der Waals surface area (Å²) in [6.45, 7) is 8.35. The number of fused-ring (bicyclic) bond motifs is 2. The quantitative estimate of drug-likeness (QED) is 0.753. The largest absolute Gasteiger partial charge is 0.465 e. The van der Waals surface area contributed by atoms with Crippen LogP contribution in [0.25, 0.3) is 5.57 Å². The molecule has 0 atom stereocenters. The summed E-state index contributed by atoms with van der Waals surface area (Å²) in [5.41, 5.74) is 6.53. The number of benzene rings is 1. The van der Waals surface area contributed by atoms with Crippen LogP contribution in [-0.4, -0.2) is 25.7 Å². The predicted octanol–water partition coefficient (Wildman–Crippen LogP) is 4.87. The molecule has 2 aromatic rings. The number of piperidine rings is 1. The van der Waals surface area contributed by atoms with Crippen LogP contribution in [0.5, 0.6) is 0 Å². The first kappa shape index (κ1) is 19.4. The second-order valence-electron chi connectivity index (χ2n) is 8.18. The Labute approximate surface area is 171 Å². The molecule has 1 aliphatic carbocycles. The summed E-state index contributed by atoms with van der Waals surface area (Å²) in [7, 11) is 0. The van der Waals surface area contributed by atoms with Crippen LogP contribution in [0.15, 0.2) is 35.9 Å². The lowest BCUT2D eigenvalue weighted by Gasteiger charge is -2.22. The Balaban J connectivity index is 1.86. The average Bonchev–Trinajstić information content (AvgIpc) is 3.07. The molecule has 28 heavy (non-hydrogen) atoms. The van der Waals surface area contributed by atoms with Crippen molar-refractivity contribution in [3.8, 4) is 0 Å². The van der Waals surface area contributed by atoms with Crippen molar-refractivity contribution in [3.05, 3.63) is 62.3 Å². The number of carbonyl (C=O) groups is 1. The maximum absolute atomic E-state index is 12.6. The Morgan fingerprint density at radius 3 is 2.61 bits per heavy atom. The summed E-state index contributed by atoms with van der Waals surface area (Å²) >= 11 is 1.80. The third kappa shape index (κ3) is 3.44. The number of carbonyl (C=O) groups excluding carboxylic acids is 1. The zero-order chi connectivity index (χ0) is 19.7. The van der Waals surface area contributed by atoms with Gasteiger partial charge in [0.1, 0.15) is 0 Å². The van der Waals surface area contributed by atoms with Crippen molar-refractivity contribution in [2.24, 2.45) is 0 Å². The summed E-state index contributed by atoms with van der Waals surface area (Å²) < 4.78 is 5.36. The summed E-state index contributed by atoms with van der Waals surface area (Å²) in [5.74, 6) is -0.136. The summed E-state index contributed by atoms with van der Waals surface area (Å²) in [6, 6.07) is 11.1. The van der Waals surface area contributed by atoms with Gasteiger partial charge in [-0.1, -0.05) is 29.8 Å². The molecule has 2 aliphatic rings. The molecule has 0 saturated carbocycles. The Morgan fingerprint density at radius 1 is 1.11 bits per heavy atom. The number of ether oxygens (including phenoxy) is 1. The minimum absolute atomic E-state index is 0.136. The van der Waals surface area contributed by atoms with Crippen LogP contribution in [0.4, 0.5) is 0 Å². The van der Waals surface area contributed by atoms with Gasteiger partial charge in [-0.15, -0.1) is 11.3 Å². The maximum Gasteiger partial charge on any atom is 0.316 e. The molecule has 0 unspecified atom stereocenters. The van der Waals surface area contributed by atoms with Crippen molar-refractivity contribution in [1.29, 1.82) is 0 Å². The van der Waals surface area contributed by atoms with Gasteiger partial charge >= 0.3 is 5.97 Å². The van der Waals surface area contributed by atoms with Gasteiger partial charge in [0, 0.05) is 9.75 Å². The molecule has 0 radical (unpaired) electrons. The first-order valence-electron chi connectivity index (χ1n) is 10.3. The topological polar surface area (TPSA) is 38.3 Å². The minimum atomic E-state index is -0.615. The Hall–Kier alpha value is -1.91. The molecule has 3 nitrogen and oxygen atoms in total. The molecular weight excluding hydrogens is 366 g/mol. The number of hydrogen-bond donors (Lipinski definition) is 1. The van der Waals surface area contributed by atoms with Crippen LogP contribution in [-0.2, 0) is 27.8 Å². The van der Waals surface area contributed by atoms with Gasteiger partial charge in [0.15, 0.2) is 0 Å². The van der Waals surface area contributed by atoms with Crippen LogP contribution in [0, 0.1) is 0 Å². The Bertz CT molecular complexity index is 914. The highest BCUT2D eigenvalue weighted by molar-refractivity contribution is 7.12. The monoisotopic (exact) mass is 395 g/mol. The van der Waals surface area contributed by atoms with Crippen molar-refractivity contribution < 1.29 is 9.53 Å². The van der Waals surface area contributed by atoms with Gasteiger partial charge in [-0.3, -0.25) is 4.79 Å². The van der Waals surface area contributed by atoms with Gasteiger partial charge in [-0.2, -0.15) is 0 Å². The second kappa shape index (κ2) is 7.84. The molecular formula is C24H29NO2S. The molecule has 0 spiro atoms. The van der Waals surface area contributed by atoms with Crippen LogP contribution in [0.3, 0.4) is 0 Å². The fourth-order valence-corrected chi connectivity index (χ4v) is 5.54. The molecule has 0 bridgehead atoms. The number of esters is 1. The van der Waals surface area contributed by atoms with Gasteiger partial charge in [0.05, 0.1) is 12.0 Å². The van der Waals surface area contributed by atoms with Gasteiger partial charge in [0.2, 0.25) is 0 Å². The Kier molecular flexibility index (Phi) is 5.44. The van der Waals surface area contributed by atoms with Crippen LogP contribution in [0.2, 0.25) is 0 Å².